The van der Waals surface area contributed by atoms with Gasteiger partial charge >= 0.3 is 0 Å². The van der Waals surface area contributed by atoms with Crippen molar-refractivity contribution in [1.82, 2.24) is 10.2 Å². The van der Waals surface area contributed by atoms with Gasteiger partial charge in [0.05, 0.1) is 0 Å². The first-order valence-corrected chi connectivity index (χ1v) is 10.6. The molecule has 6 heteroatoms. The molecular weight excluding hydrogens is 400 g/mol. The highest BCUT2D eigenvalue weighted by Gasteiger charge is 2.27. The van der Waals surface area contributed by atoms with Gasteiger partial charge in [0.1, 0.15) is 11.8 Å². The summed E-state index contributed by atoms with van der Waals surface area (Å²) in [5, 5.41) is 3.58. The lowest BCUT2D eigenvalue weighted by Gasteiger charge is -2.29. The second-order valence-electron chi connectivity index (χ2n) is 7.63. The largest absolute Gasteiger partial charge is 0.483 e. The Kier molecular flexibility index (Phi) is 8.72. The Hall–Kier alpha value is -2.53. The van der Waals surface area contributed by atoms with Crippen LogP contribution in [-0.2, 0) is 16.1 Å². The van der Waals surface area contributed by atoms with Crippen molar-refractivity contribution >= 4 is 23.4 Å². The summed E-state index contributed by atoms with van der Waals surface area (Å²) >= 11 is 5.98. The minimum atomic E-state index is -0.635. The zero-order chi connectivity index (χ0) is 22.3. The molecule has 162 valence electrons. The van der Waals surface area contributed by atoms with Crippen LogP contribution in [0.4, 0.5) is 0 Å². The highest BCUT2D eigenvalue weighted by Crippen LogP contribution is 2.21. The van der Waals surface area contributed by atoms with Crippen molar-refractivity contribution in [3.63, 3.8) is 0 Å². The van der Waals surface area contributed by atoms with Gasteiger partial charge in [-0.25, -0.2) is 0 Å². The zero-order valence-corrected chi connectivity index (χ0v) is 19.1. The number of ether oxygens (including phenoxy) is 1. The number of carbonyl (C=O) groups is 2. The minimum Gasteiger partial charge on any atom is -0.483 e. The molecule has 0 unspecified atom stereocenters. The molecule has 0 heterocycles. The second kappa shape index (κ2) is 11.0. The monoisotopic (exact) mass is 430 g/mol. The fraction of sp³-hybridized carbons (Fsp3) is 0.417. The summed E-state index contributed by atoms with van der Waals surface area (Å²) in [6, 6.07) is 12.4. The Labute approximate surface area is 184 Å². The summed E-state index contributed by atoms with van der Waals surface area (Å²) in [4.78, 5) is 27.3. The van der Waals surface area contributed by atoms with Crippen molar-refractivity contribution in [3.05, 3.63) is 64.2 Å². The van der Waals surface area contributed by atoms with Crippen LogP contribution >= 0.6 is 11.6 Å². The summed E-state index contributed by atoms with van der Waals surface area (Å²) in [5.74, 6) is 0.238. The van der Waals surface area contributed by atoms with Crippen LogP contribution < -0.4 is 10.1 Å². The van der Waals surface area contributed by atoms with Crippen LogP contribution in [0.25, 0.3) is 0 Å². The Morgan fingerprint density at radius 2 is 1.77 bits per heavy atom. The molecule has 0 aliphatic carbocycles. The summed E-state index contributed by atoms with van der Waals surface area (Å²) < 4.78 is 5.81. The second-order valence-corrected chi connectivity index (χ2v) is 8.07. The minimum absolute atomic E-state index is 0.0404. The molecule has 0 saturated heterocycles. The molecule has 0 aromatic heterocycles. The van der Waals surface area contributed by atoms with Crippen molar-refractivity contribution in [2.75, 3.05) is 6.61 Å². The third kappa shape index (κ3) is 6.49. The van der Waals surface area contributed by atoms with Crippen molar-refractivity contribution < 1.29 is 14.3 Å². The molecular formula is C24H31ClN2O3. The number of rotatable bonds is 9. The van der Waals surface area contributed by atoms with Crippen LogP contribution in [0.15, 0.2) is 42.5 Å². The summed E-state index contributed by atoms with van der Waals surface area (Å²) in [6.07, 6.45) is 0.819. The molecule has 2 atom stereocenters. The van der Waals surface area contributed by atoms with Gasteiger partial charge in [-0.1, -0.05) is 42.8 Å². The SMILES string of the molecule is CC[C@H](C)NC(=O)[C@H](C)N(Cc1ccc(Cl)cc1)C(=O)COc1cccc(C)c1C. The van der Waals surface area contributed by atoms with E-state index >= 15 is 0 Å². The smallest absolute Gasteiger partial charge is 0.261 e. The van der Waals surface area contributed by atoms with Gasteiger partial charge < -0.3 is 15.0 Å². The average molecular weight is 431 g/mol. The first kappa shape index (κ1) is 23.7. The summed E-state index contributed by atoms with van der Waals surface area (Å²) in [5.41, 5.74) is 2.99. The van der Waals surface area contributed by atoms with Gasteiger partial charge in [0.2, 0.25) is 5.91 Å². The van der Waals surface area contributed by atoms with Crippen LogP contribution in [0.3, 0.4) is 0 Å². The third-order valence-corrected chi connectivity index (χ3v) is 5.59. The zero-order valence-electron chi connectivity index (χ0n) is 18.4. The average Bonchev–Trinajstić information content (AvgIpc) is 2.73. The van der Waals surface area contributed by atoms with E-state index in [0.29, 0.717) is 17.3 Å². The lowest BCUT2D eigenvalue weighted by Crippen LogP contribution is -2.50. The Bertz CT molecular complexity index is 867. The van der Waals surface area contributed by atoms with E-state index in [2.05, 4.69) is 5.32 Å². The maximum Gasteiger partial charge on any atom is 0.261 e. The van der Waals surface area contributed by atoms with Crippen LogP contribution in [0.5, 0.6) is 5.75 Å². The number of benzene rings is 2. The van der Waals surface area contributed by atoms with Crippen LogP contribution in [0.2, 0.25) is 5.02 Å². The van der Waals surface area contributed by atoms with Crippen molar-refractivity contribution in [2.24, 2.45) is 0 Å². The quantitative estimate of drug-likeness (QED) is 0.629. The molecule has 1 N–H and O–H groups in total. The van der Waals surface area contributed by atoms with Gasteiger partial charge in [-0.3, -0.25) is 9.59 Å². The molecule has 2 aromatic rings. The summed E-state index contributed by atoms with van der Waals surface area (Å²) in [7, 11) is 0. The lowest BCUT2D eigenvalue weighted by molar-refractivity contribution is -0.142. The summed E-state index contributed by atoms with van der Waals surface area (Å²) in [6.45, 7) is 9.80. The molecule has 0 fully saturated rings. The Morgan fingerprint density at radius 1 is 1.10 bits per heavy atom. The number of hydrogen-bond donors (Lipinski definition) is 1. The number of hydrogen-bond acceptors (Lipinski definition) is 3. The van der Waals surface area contributed by atoms with Crippen LogP contribution in [0, 0.1) is 13.8 Å². The van der Waals surface area contributed by atoms with Gasteiger partial charge in [0, 0.05) is 17.6 Å². The van der Waals surface area contributed by atoms with Gasteiger partial charge in [-0.15, -0.1) is 0 Å². The fourth-order valence-electron chi connectivity index (χ4n) is 2.94. The topological polar surface area (TPSA) is 58.6 Å². The highest BCUT2D eigenvalue weighted by atomic mass is 35.5. The van der Waals surface area contributed by atoms with Gasteiger partial charge in [-0.2, -0.15) is 0 Å². The molecule has 5 nitrogen and oxygen atoms in total. The molecule has 0 bridgehead atoms. The molecule has 0 spiro atoms. The highest BCUT2D eigenvalue weighted by molar-refractivity contribution is 6.30. The van der Waals surface area contributed by atoms with E-state index in [1.807, 2.05) is 58.0 Å². The number of nitrogens with zero attached hydrogens (tertiary/aromatic N) is 1. The molecule has 30 heavy (non-hydrogen) atoms. The van der Waals surface area contributed by atoms with Crippen molar-refractivity contribution in [1.29, 1.82) is 0 Å². The molecule has 2 rings (SSSR count). The Balaban J connectivity index is 2.17. The number of nitrogens with one attached hydrogen (secondary N) is 1. The van der Waals surface area contributed by atoms with Gasteiger partial charge in [0.25, 0.3) is 5.91 Å². The first-order chi connectivity index (χ1) is 14.2. The number of halogens is 1. The van der Waals surface area contributed by atoms with E-state index < -0.39 is 6.04 Å². The number of carbonyl (C=O) groups excluding carboxylic acids is 2. The molecule has 0 aliphatic rings. The Morgan fingerprint density at radius 3 is 2.40 bits per heavy atom. The standard InChI is InChI=1S/C24H31ClN2O3/c1-6-17(3)26-24(29)19(5)27(14-20-10-12-21(25)13-11-20)23(28)15-30-22-9-7-8-16(2)18(22)4/h7-13,17,19H,6,14-15H2,1-5H3,(H,26,29)/t17-,19-/m0/s1. The van der Waals surface area contributed by atoms with Crippen molar-refractivity contribution in [2.45, 2.75) is 59.7 Å². The molecule has 0 radical (unpaired) electrons. The molecule has 2 aromatic carbocycles. The predicted octanol–water partition coefficient (Wildman–Crippen LogP) is 4.67. The molecule has 0 saturated carbocycles. The van der Waals surface area contributed by atoms with Crippen LogP contribution in [0.1, 0.15) is 43.9 Å². The van der Waals surface area contributed by atoms with Gasteiger partial charge in [0.15, 0.2) is 6.61 Å². The van der Waals surface area contributed by atoms with E-state index in [1.54, 1.807) is 24.0 Å². The van der Waals surface area contributed by atoms with E-state index in [-0.39, 0.29) is 24.5 Å². The van der Waals surface area contributed by atoms with E-state index in [1.165, 1.54) is 0 Å². The molecule has 0 aliphatic heterocycles. The van der Waals surface area contributed by atoms with E-state index in [9.17, 15) is 9.59 Å². The number of aryl methyl sites for hydroxylation is 1. The predicted molar refractivity (Wildman–Crippen MR) is 121 cm³/mol. The van der Waals surface area contributed by atoms with Crippen molar-refractivity contribution in [3.8, 4) is 5.75 Å². The first-order valence-electron chi connectivity index (χ1n) is 10.3. The number of amides is 2. The maximum atomic E-state index is 13.1. The van der Waals surface area contributed by atoms with E-state index in [4.69, 9.17) is 16.3 Å². The normalized spacial score (nSPS) is 12.7. The fourth-order valence-corrected chi connectivity index (χ4v) is 3.06. The van der Waals surface area contributed by atoms with Crippen LogP contribution in [-0.4, -0.2) is 35.4 Å². The maximum absolute atomic E-state index is 13.1. The molecule has 2 amide bonds. The van der Waals surface area contributed by atoms with Gasteiger partial charge in [-0.05, 0) is 69.0 Å². The van der Waals surface area contributed by atoms with E-state index in [0.717, 1.165) is 23.1 Å². The third-order valence-electron chi connectivity index (χ3n) is 5.34. The lowest BCUT2D eigenvalue weighted by atomic mass is 10.1.